The third kappa shape index (κ3) is 3.36. The van der Waals surface area contributed by atoms with Crippen LogP contribution in [0.1, 0.15) is 30.6 Å². The van der Waals surface area contributed by atoms with Gasteiger partial charge in [0.25, 0.3) is 0 Å². The largest absolute Gasteiger partial charge is 0.329 e. The second-order valence-electron chi connectivity index (χ2n) is 6.34. The molecule has 1 N–H and O–H groups in total. The zero-order valence-corrected chi connectivity index (χ0v) is 15.9. The van der Waals surface area contributed by atoms with Crippen molar-refractivity contribution in [1.82, 2.24) is 29.9 Å². The second-order valence-corrected chi connectivity index (χ2v) is 6.75. The van der Waals surface area contributed by atoms with Gasteiger partial charge in [0.1, 0.15) is 11.4 Å². The predicted octanol–water partition coefficient (Wildman–Crippen LogP) is 4.69. The van der Waals surface area contributed by atoms with Gasteiger partial charge in [-0.3, -0.25) is 4.98 Å². The molecular formula is C20H19ClN6. The summed E-state index contributed by atoms with van der Waals surface area (Å²) in [7, 11) is 0. The molecule has 4 aromatic rings. The van der Waals surface area contributed by atoms with Crippen LogP contribution in [0, 0.1) is 6.92 Å². The number of aromatic nitrogens is 6. The van der Waals surface area contributed by atoms with Gasteiger partial charge in [-0.2, -0.15) is 15.4 Å². The van der Waals surface area contributed by atoms with Crippen LogP contribution in [0.3, 0.4) is 0 Å². The number of hydrogen-bond acceptors (Lipinski definition) is 4. The van der Waals surface area contributed by atoms with Crippen LogP contribution >= 0.6 is 11.6 Å². The van der Waals surface area contributed by atoms with E-state index in [9.17, 15) is 0 Å². The van der Waals surface area contributed by atoms with Crippen molar-refractivity contribution in [3.63, 3.8) is 0 Å². The molecule has 7 heteroatoms. The summed E-state index contributed by atoms with van der Waals surface area (Å²) in [5.41, 5.74) is 5.32. The zero-order chi connectivity index (χ0) is 18.8. The molecule has 136 valence electrons. The zero-order valence-electron chi connectivity index (χ0n) is 15.1. The number of hydrogen-bond donors (Lipinski definition) is 1. The van der Waals surface area contributed by atoms with Crippen molar-refractivity contribution in [3.05, 3.63) is 71.4 Å². The van der Waals surface area contributed by atoms with Crippen LogP contribution < -0.4 is 0 Å². The maximum atomic E-state index is 6.40. The lowest BCUT2D eigenvalue weighted by Crippen LogP contribution is -2.08. The minimum atomic E-state index is 0.126. The smallest absolute Gasteiger partial charge is 0.115 e. The topological polar surface area (TPSA) is 72.3 Å². The fourth-order valence-electron chi connectivity index (χ4n) is 3.25. The predicted molar refractivity (Wildman–Crippen MR) is 105 cm³/mol. The van der Waals surface area contributed by atoms with Gasteiger partial charge in [0.15, 0.2) is 0 Å². The average Bonchev–Trinajstić information content (AvgIpc) is 3.33. The van der Waals surface area contributed by atoms with E-state index in [4.69, 9.17) is 11.6 Å². The first-order chi connectivity index (χ1) is 13.2. The number of pyridine rings is 1. The highest BCUT2D eigenvalue weighted by Gasteiger charge is 2.16. The first kappa shape index (κ1) is 17.4. The van der Waals surface area contributed by atoms with Crippen LogP contribution in [0.2, 0.25) is 5.02 Å². The van der Waals surface area contributed by atoms with Gasteiger partial charge in [-0.25, -0.2) is 4.98 Å². The first-order valence-electron chi connectivity index (χ1n) is 8.79. The molecule has 1 unspecified atom stereocenters. The molecular weight excluding hydrogens is 360 g/mol. The van der Waals surface area contributed by atoms with Crippen LogP contribution in [0.15, 0.2) is 55.1 Å². The Labute approximate surface area is 162 Å². The van der Waals surface area contributed by atoms with Gasteiger partial charge in [0.05, 0.1) is 23.8 Å². The van der Waals surface area contributed by atoms with Crippen molar-refractivity contribution in [1.29, 1.82) is 0 Å². The summed E-state index contributed by atoms with van der Waals surface area (Å²) < 4.78 is 2.09. The minimum Gasteiger partial charge on any atom is -0.329 e. The molecule has 0 saturated heterocycles. The molecule has 27 heavy (non-hydrogen) atoms. The summed E-state index contributed by atoms with van der Waals surface area (Å²) in [6.07, 6.45) is 6.52. The normalized spacial score (nSPS) is 12.3. The Morgan fingerprint density at radius 1 is 1.11 bits per heavy atom. The minimum absolute atomic E-state index is 0.126. The third-order valence-corrected chi connectivity index (χ3v) is 4.97. The van der Waals surface area contributed by atoms with Gasteiger partial charge in [0.2, 0.25) is 0 Å². The number of nitrogens with zero attached hydrogens (tertiary/aromatic N) is 5. The van der Waals surface area contributed by atoms with Gasteiger partial charge >= 0.3 is 0 Å². The molecule has 0 aliphatic carbocycles. The highest BCUT2D eigenvalue weighted by molar-refractivity contribution is 6.31. The molecule has 3 aromatic heterocycles. The van der Waals surface area contributed by atoms with Gasteiger partial charge in [-0.1, -0.05) is 36.7 Å². The van der Waals surface area contributed by atoms with E-state index in [1.807, 2.05) is 49.8 Å². The number of rotatable bonds is 5. The molecule has 3 heterocycles. The van der Waals surface area contributed by atoms with E-state index in [1.54, 1.807) is 6.20 Å². The highest BCUT2D eigenvalue weighted by atomic mass is 35.5. The van der Waals surface area contributed by atoms with Crippen LogP contribution in [-0.2, 0) is 0 Å². The van der Waals surface area contributed by atoms with Crippen LogP contribution in [0.25, 0.3) is 22.6 Å². The van der Waals surface area contributed by atoms with Crippen molar-refractivity contribution in [2.45, 2.75) is 26.3 Å². The standard InChI is InChI=1S/C20H19ClN6/c1-3-19(15-6-4-5-7-16(15)21)27-11-18(23-12-27)17-10-14(8-9-22-17)20-13(2)24-26-25-20/h4-12,19H,3H2,1-2H3,(H,24,25,26). The Kier molecular flexibility index (Phi) is 4.73. The highest BCUT2D eigenvalue weighted by Crippen LogP contribution is 2.30. The molecule has 0 fully saturated rings. The average molecular weight is 379 g/mol. The molecule has 0 saturated carbocycles. The summed E-state index contributed by atoms with van der Waals surface area (Å²) in [6.45, 7) is 4.06. The Morgan fingerprint density at radius 2 is 1.96 bits per heavy atom. The summed E-state index contributed by atoms with van der Waals surface area (Å²) in [5.74, 6) is 0. The summed E-state index contributed by atoms with van der Waals surface area (Å²) in [4.78, 5) is 9.05. The number of H-pyrrole nitrogens is 1. The molecule has 0 bridgehead atoms. The van der Waals surface area contributed by atoms with E-state index < -0.39 is 0 Å². The molecule has 1 atom stereocenters. The Balaban J connectivity index is 1.69. The quantitative estimate of drug-likeness (QED) is 0.546. The second kappa shape index (κ2) is 7.32. The van der Waals surface area contributed by atoms with Crippen LogP contribution in [-0.4, -0.2) is 29.9 Å². The van der Waals surface area contributed by atoms with E-state index in [-0.39, 0.29) is 6.04 Å². The van der Waals surface area contributed by atoms with E-state index in [1.165, 1.54) is 0 Å². The Morgan fingerprint density at radius 3 is 2.70 bits per heavy atom. The van der Waals surface area contributed by atoms with E-state index in [0.29, 0.717) is 0 Å². The number of halogens is 1. The molecule has 6 nitrogen and oxygen atoms in total. The van der Waals surface area contributed by atoms with Crippen LogP contribution in [0.4, 0.5) is 0 Å². The monoisotopic (exact) mass is 378 g/mol. The lowest BCUT2D eigenvalue weighted by molar-refractivity contribution is 0.566. The number of nitrogens with one attached hydrogen (secondary N) is 1. The van der Waals surface area contributed by atoms with E-state index >= 15 is 0 Å². The molecule has 0 spiro atoms. The van der Waals surface area contributed by atoms with Crippen LogP contribution in [0.5, 0.6) is 0 Å². The maximum Gasteiger partial charge on any atom is 0.115 e. The molecule has 0 aliphatic heterocycles. The van der Waals surface area contributed by atoms with Gasteiger partial charge in [-0.05, 0) is 37.1 Å². The van der Waals surface area contributed by atoms with E-state index in [0.717, 1.165) is 45.3 Å². The molecule has 0 amide bonds. The van der Waals surface area contributed by atoms with Gasteiger partial charge in [-0.15, -0.1) is 0 Å². The van der Waals surface area contributed by atoms with E-state index in [2.05, 4.69) is 42.9 Å². The summed E-state index contributed by atoms with van der Waals surface area (Å²) in [6, 6.07) is 12.0. The SMILES string of the molecule is CCC(c1ccccc1Cl)n1cnc(-c2cc(-c3n[nH]nc3C)ccn2)c1. The number of benzene rings is 1. The lowest BCUT2D eigenvalue weighted by atomic mass is 10.0. The fourth-order valence-corrected chi connectivity index (χ4v) is 3.51. The lowest BCUT2D eigenvalue weighted by Gasteiger charge is -2.18. The number of aromatic amines is 1. The van der Waals surface area contributed by atoms with Crippen molar-refractivity contribution in [2.24, 2.45) is 0 Å². The van der Waals surface area contributed by atoms with Crippen molar-refractivity contribution >= 4 is 11.6 Å². The van der Waals surface area contributed by atoms with Crippen molar-refractivity contribution in [3.8, 4) is 22.6 Å². The maximum absolute atomic E-state index is 6.40. The third-order valence-electron chi connectivity index (χ3n) is 4.63. The van der Waals surface area contributed by atoms with Crippen molar-refractivity contribution < 1.29 is 0 Å². The summed E-state index contributed by atoms with van der Waals surface area (Å²) >= 11 is 6.40. The number of aryl methyl sites for hydroxylation is 1. The Hall–Kier alpha value is -2.99. The molecule has 4 rings (SSSR count). The molecule has 0 aliphatic rings. The number of imidazole rings is 1. The summed E-state index contributed by atoms with van der Waals surface area (Å²) in [5, 5.41) is 11.7. The first-order valence-corrected chi connectivity index (χ1v) is 9.17. The van der Waals surface area contributed by atoms with Gasteiger partial charge < -0.3 is 4.57 Å². The van der Waals surface area contributed by atoms with Gasteiger partial charge in [0, 0.05) is 23.0 Å². The molecule has 1 aromatic carbocycles. The fraction of sp³-hybridized carbons (Fsp3) is 0.200. The van der Waals surface area contributed by atoms with Crippen molar-refractivity contribution in [2.75, 3.05) is 0 Å². The molecule has 0 radical (unpaired) electrons. The Bertz CT molecular complexity index is 1070.